The van der Waals surface area contributed by atoms with E-state index < -0.39 is 12.1 Å². The summed E-state index contributed by atoms with van der Waals surface area (Å²) in [5.74, 6) is 0.106. The minimum absolute atomic E-state index is 0.286. The highest BCUT2D eigenvalue weighted by Crippen LogP contribution is 2.24. The lowest BCUT2D eigenvalue weighted by atomic mass is 10.00. The number of benzene rings is 3. The molecule has 0 aliphatic carbocycles. The van der Waals surface area contributed by atoms with Crippen LogP contribution < -0.4 is 9.47 Å². The molecule has 0 fully saturated rings. The van der Waals surface area contributed by atoms with E-state index in [1.165, 1.54) is 0 Å². The highest BCUT2D eigenvalue weighted by molar-refractivity contribution is 5.86. The van der Waals surface area contributed by atoms with Crippen LogP contribution in [0, 0.1) is 0 Å². The van der Waals surface area contributed by atoms with Crippen LogP contribution in [-0.4, -0.2) is 24.3 Å². The molecule has 4 nitrogen and oxygen atoms in total. The van der Waals surface area contributed by atoms with Crippen molar-refractivity contribution in [3.8, 4) is 11.5 Å². The standard InChI is InChI=1S/C20H18O4/c1-23-16-9-5-10-17(13-16)24-19(20(21)22)12-15-8-4-7-14-6-2-3-11-18(14)15/h2-11,13,19H,12H2,1H3,(H,21,22)/t19-/m1/s1. The van der Waals surface area contributed by atoms with Gasteiger partial charge in [-0.15, -0.1) is 0 Å². The lowest BCUT2D eigenvalue weighted by Gasteiger charge is -2.17. The predicted molar refractivity (Wildman–Crippen MR) is 92.7 cm³/mol. The molecule has 1 N–H and O–H groups in total. The van der Waals surface area contributed by atoms with E-state index in [9.17, 15) is 9.90 Å². The fourth-order valence-corrected chi connectivity index (χ4v) is 2.69. The summed E-state index contributed by atoms with van der Waals surface area (Å²) in [5.41, 5.74) is 0.948. The molecule has 3 aromatic rings. The Labute approximate surface area is 140 Å². The molecule has 0 heterocycles. The van der Waals surface area contributed by atoms with Gasteiger partial charge < -0.3 is 14.6 Å². The van der Waals surface area contributed by atoms with Crippen LogP contribution in [0.2, 0.25) is 0 Å². The number of rotatable bonds is 6. The van der Waals surface area contributed by atoms with Crippen LogP contribution in [0.5, 0.6) is 11.5 Å². The Bertz CT molecular complexity index is 852. The van der Waals surface area contributed by atoms with Crippen LogP contribution in [0.4, 0.5) is 0 Å². The van der Waals surface area contributed by atoms with E-state index in [-0.39, 0.29) is 6.42 Å². The van der Waals surface area contributed by atoms with Gasteiger partial charge in [0.2, 0.25) is 0 Å². The molecule has 0 amide bonds. The van der Waals surface area contributed by atoms with Crippen LogP contribution in [0.25, 0.3) is 10.8 Å². The summed E-state index contributed by atoms with van der Waals surface area (Å²) in [4.78, 5) is 11.6. The Morgan fingerprint density at radius 2 is 1.71 bits per heavy atom. The zero-order valence-corrected chi connectivity index (χ0v) is 13.3. The topological polar surface area (TPSA) is 55.8 Å². The van der Waals surface area contributed by atoms with Gasteiger partial charge in [0.05, 0.1) is 7.11 Å². The molecular weight excluding hydrogens is 304 g/mol. The zero-order chi connectivity index (χ0) is 16.9. The van der Waals surface area contributed by atoms with E-state index in [4.69, 9.17) is 9.47 Å². The van der Waals surface area contributed by atoms with Gasteiger partial charge in [-0.1, -0.05) is 48.5 Å². The minimum atomic E-state index is -0.995. The Kier molecular flexibility index (Phi) is 4.66. The largest absolute Gasteiger partial charge is 0.497 e. The fourth-order valence-electron chi connectivity index (χ4n) is 2.69. The molecular formula is C20H18O4. The van der Waals surface area contributed by atoms with Crippen molar-refractivity contribution >= 4 is 16.7 Å². The number of aliphatic carboxylic acids is 1. The molecule has 0 saturated heterocycles. The summed E-state index contributed by atoms with van der Waals surface area (Å²) in [6.45, 7) is 0. The number of carboxylic acids is 1. The predicted octanol–water partition coefficient (Wildman–Crippen LogP) is 3.92. The van der Waals surface area contributed by atoms with Gasteiger partial charge in [-0.2, -0.15) is 0 Å². The number of methoxy groups -OCH3 is 1. The van der Waals surface area contributed by atoms with Crippen LogP contribution in [0.3, 0.4) is 0 Å². The second kappa shape index (κ2) is 7.04. The van der Waals surface area contributed by atoms with Crippen molar-refractivity contribution in [3.05, 3.63) is 72.3 Å². The average molecular weight is 322 g/mol. The summed E-state index contributed by atoms with van der Waals surface area (Å²) in [6, 6.07) is 20.8. The monoisotopic (exact) mass is 322 g/mol. The third-order valence-electron chi connectivity index (χ3n) is 3.88. The summed E-state index contributed by atoms with van der Waals surface area (Å²) in [7, 11) is 1.56. The maximum Gasteiger partial charge on any atom is 0.345 e. The SMILES string of the molecule is COc1cccc(O[C@H](Cc2cccc3ccccc23)C(=O)O)c1. The van der Waals surface area contributed by atoms with Crippen molar-refractivity contribution in [1.29, 1.82) is 0 Å². The number of carbonyl (C=O) groups is 1. The lowest BCUT2D eigenvalue weighted by Crippen LogP contribution is -2.29. The first-order valence-corrected chi connectivity index (χ1v) is 7.67. The van der Waals surface area contributed by atoms with Gasteiger partial charge in [0, 0.05) is 12.5 Å². The molecule has 0 bridgehead atoms. The van der Waals surface area contributed by atoms with Gasteiger partial charge in [0.1, 0.15) is 11.5 Å². The first kappa shape index (κ1) is 15.9. The third kappa shape index (κ3) is 3.49. The number of fused-ring (bicyclic) bond motifs is 1. The first-order chi connectivity index (χ1) is 11.7. The van der Waals surface area contributed by atoms with Gasteiger partial charge in [0.25, 0.3) is 0 Å². The summed E-state index contributed by atoms with van der Waals surface area (Å²) in [6.07, 6.45) is -0.684. The lowest BCUT2D eigenvalue weighted by molar-refractivity contribution is -0.145. The molecule has 122 valence electrons. The maximum atomic E-state index is 11.6. The van der Waals surface area contributed by atoms with Crippen LogP contribution in [-0.2, 0) is 11.2 Å². The highest BCUT2D eigenvalue weighted by atomic mass is 16.5. The number of carboxylic acid groups (broad SMARTS) is 1. The molecule has 1 atom stereocenters. The van der Waals surface area contributed by atoms with E-state index in [1.807, 2.05) is 42.5 Å². The third-order valence-corrected chi connectivity index (χ3v) is 3.88. The number of ether oxygens (including phenoxy) is 2. The van der Waals surface area contributed by atoms with Crippen LogP contribution in [0.15, 0.2) is 66.7 Å². The first-order valence-electron chi connectivity index (χ1n) is 7.67. The highest BCUT2D eigenvalue weighted by Gasteiger charge is 2.21. The Balaban J connectivity index is 1.87. The summed E-state index contributed by atoms with van der Waals surface area (Å²) < 4.78 is 10.8. The van der Waals surface area contributed by atoms with E-state index in [2.05, 4.69) is 0 Å². The number of hydrogen-bond acceptors (Lipinski definition) is 3. The molecule has 0 spiro atoms. The fraction of sp³-hybridized carbons (Fsp3) is 0.150. The molecule has 3 aromatic carbocycles. The second-order valence-corrected chi connectivity index (χ2v) is 5.47. The molecule has 0 unspecified atom stereocenters. The van der Waals surface area contributed by atoms with E-state index >= 15 is 0 Å². The molecule has 0 aromatic heterocycles. The molecule has 0 aliphatic rings. The summed E-state index contributed by atoms with van der Waals surface area (Å²) in [5, 5.41) is 11.7. The van der Waals surface area contributed by atoms with Crippen LogP contribution in [0.1, 0.15) is 5.56 Å². The second-order valence-electron chi connectivity index (χ2n) is 5.47. The molecule has 24 heavy (non-hydrogen) atoms. The smallest absolute Gasteiger partial charge is 0.345 e. The van der Waals surface area contributed by atoms with Gasteiger partial charge >= 0.3 is 5.97 Å². The van der Waals surface area contributed by atoms with Gasteiger partial charge in [-0.25, -0.2) is 4.79 Å². The molecule has 0 radical (unpaired) electrons. The van der Waals surface area contributed by atoms with Crippen LogP contribution >= 0.6 is 0 Å². The van der Waals surface area contributed by atoms with E-state index in [0.29, 0.717) is 11.5 Å². The van der Waals surface area contributed by atoms with Crippen molar-refractivity contribution in [3.63, 3.8) is 0 Å². The molecule has 3 rings (SSSR count). The van der Waals surface area contributed by atoms with Gasteiger partial charge in [-0.3, -0.25) is 0 Å². The maximum absolute atomic E-state index is 11.6. The van der Waals surface area contributed by atoms with Gasteiger partial charge in [0.15, 0.2) is 6.10 Å². The normalized spacial score (nSPS) is 11.9. The molecule has 0 aliphatic heterocycles. The quantitative estimate of drug-likeness (QED) is 0.747. The van der Waals surface area contributed by atoms with Crippen molar-refractivity contribution in [2.45, 2.75) is 12.5 Å². The van der Waals surface area contributed by atoms with Gasteiger partial charge in [-0.05, 0) is 28.5 Å². The van der Waals surface area contributed by atoms with Crippen molar-refractivity contribution in [2.24, 2.45) is 0 Å². The van der Waals surface area contributed by atoms with Crippen molar-refractivity contribution in [1.82, 2.24) is 0 Å². The summed E-state index contributed by atoms with van der Waals surface area (Å²) >= 11 is 0. The molecule has 0 saturated carbocycles. The van der Waals surface area contributed by atoms with Crippen molar-refractivity contribution in [2.75, 3.05) is 7.11 Å². The van der Waals surface area contributed by atoms with E-state index in [0.717, 1.165) is 16.3 Å². The number of hydrogen-bond donors (Lipinski definition) is 1. The Hall–Kier alpha value is -3.01. The minimum Gasteiger partial charge on any atom is -0.497 e. The molecule has 4 heteroatoms. The van der Waals surface area contributed by atoms with E-state index in [1.54, 1.807) is 31.4 Å². The Morgan fingerprint density at radius 3 is 2.50 bits per heavy atom. The Morgan fingerprint density at radius 1 is 1.00 bits per heavy atom. The average Bonchev–Trinajstić information content (AvgIpc) is 2.61. The van der Waals surface area contributed by atoms with Crippen molar-refractivity contribution < 1.29 is 19.4 Å². The zero-order valence-electron chi connectivity index (χ0n) is 13.3.